The third kappa shape index (κ3) is 8.41. The zero-order valence-electron chi connectivity index (χ0n) is 8.55. The molecule has 0 aliphatic heterocycles. The number of rotatable bonds is 7. The van der Waals surface area contributed by atoms with Gasteiger partial charge in [-0.3, -0.25) is 0 Å². The van der Waals surface area contributed by atoms with Crippen molar-refractivity contribution >= 4 is 11.8 Å². The molecule has 0 saturated carbocycles. The van der Waals surface area contributed by atoms with Crippen molar-refractivity contribution in [3.8, 4) is 0 Å². The molecule has 0 aliphatic carbocycles. The molecule has 0 saturated heterocycles. The van der Waals surface area contributed by atoms with Crippen molar-refractivity contribution in [1.29, 1.82) is 0 Å². The Hall–Kier alpha value is 0.310. The van der Waals surface area contributed by atoms with Gasteiger partial charge in [-0.05, 0) is 24.5 Å². The molecule has 1 nitrogen and oxygen atoms in total. The first-order valence-corrected chi connectivity index (χ1v) is 6.08. The molecule has 12 heavy (non-hydrogen) atoms. The van der Waals surface area contributed by atoms with E-state index in [2.05, 4.69) is 13.8 Å². The summed E-state index contributed by atoms with van der Waals surface area (Å²) >= 11 is 1.88. The van der Waals surface area contributed by atoms with Gasteiger partial charge < -0.3 is 5.11 Å². The summed E-state index contributed by atoms with van der Waals surface area (Å²) in [5, 5.41) is 9.25. The lowest BCUT2D eigenvalue weighted by Crippen LogP contribution is -2.07. The number of aliphatic hydroxyl groups excluding tert-OH is 1. The second kappa shape index (κ2) is 7.93. The molecule has 0 heterocycles. The fourth-order valence-electron chi connectivity index (χ4n) is 0.931. The van der Waals surface area contributed by atoms with Crippen molar-refractivity contribution in [2.24, 2.45) is 5.92 Å². The maximum atomic E-state index is 9.25. The van der Waals surface area contributed by atoms with Gasteiger partial charge in [-0.15, -0.1) is 0 Å². The van der Waals surface area contributed by atoms with Gasteiger partial charge in [-0.1, -0.05) is 27.2 Å². The predicted molar refractivity (Wildman–Crippen MR) is 57.7 cm³/mol. The van der Waals surface area contributed by atoms with E-state index in [-0.39, 0.29) is 6.10 Å². The summed E-state index contributed by atoms with van der Waals surface area (Å²) in [7, 11) is 0. The Morgan fingerprint density at radius 3 is 2.50 bits per heavy atom. The van der Waals surface area contributed by atoms with E-state index in [4.69, 9.17) is 0 Å². The van der Waals surface area contributed by atoms with Crippen LogP contribution in [0, 0.1) is 5.92 Å². The molecule has 0 radical (unpaired) electrons. The van der Waals surface area contributed by atoms with Crippen LogP contribution in [0.1, 0.15) is 40.0 Å². The van der Waals surface area contributed by atoms with E-state index in [1.165, 1.54) is 18.6 Å². The quantitative estimate of drug-likeness (QED) is 0.623. The van der Waals surface area contributed by atoms with Crippen LogP contribution in [0.2, 0.25) is 0 Å². The SMILES string of the molecule is CCC(O)CSCCCC(C)C. The van der Waals surface area contributed by atoms with Crippen molar-refractivity contribution in [3.05, 3.63) is 0 Å². The topological polar surface area (TPSA) is 20.2 Å². The molecule has 0 bridgehead atoms. The minimum absolute atomic E-state index is 0.0888. The van der Waals surface area contributed by atoms with Gasteiger partial charge in [0.15, 0.2) is 0 Å². The third-order valence-corrected chi connectivity index (χ3v) is 3.05. The van der Waals surface area contributed by atoms with Gasteiger partial charge in [-0.25, -0.2) is 0 Å². The largest absolute Gasteiger partial charge is 0.392 e. The van der Waals surface area contributed by atoms with Gasteiger partial charge in [0.05, 0.1) is 6.10 Å². The maximum absolute atomic E-state index is 9.25. The highest BCUT2D eigenvalue weighted by Crippen LogP contribution is 2.11. The lowest BCUT2D eigenvalue weighted by atomic mass is 10.1. The number of aliphatic hydroxyl groups is 1. The maximum Gasteiger partial charge on any atom is 0.0628 e. The Morgan fingerprint density at radius 2 is 2.00 bits per heavy atom. The van der Waals surface area contributed by atoms with Crippen LogP contribution in [-0.4, -0.2) is 22.7 Å². The van der Waals surface area contributed by atoms with Crippen LogP contribution >= 0.6 is 11.8 Å². The predicted octanol–water partition coefficient (Wildman–Crippen LogP) is 2.93. The number of thioether (sulfide) groups is 1. The first-order valence-electron chi connectivity index (χ1n) is 4.92. The molecule has 0 rings (SSSR count). The first kappa shape index (κ1) is 12.3. The molecule has 0 amide bonds. The van der Waals surface area contributed by atoms with Crippen LogP contribution < -0.4 is 0 Å². The van der Waals surface area contributed by atoms with Crippen LogP contribution in [0.25, 0.3) is 0 Å². The highest BCUT2D eigenvalue weighted by atomic mass is 32.2. The monoisotopic (exact) mass is 190 g/mol. The summed E-state index contributed by atoms with van der Waals surface area (Å²) < 4.78 is 0. The van der Waals surface area contributed by atoms with Crippen molar-refractivity contribution < 1.29 is 5.11 Å². The second-order valence-corrected chi connectivity index (χ2v) is 4.82. The molecule has 2 heteroatoms. The molecular weight excluding hydrogens is 168 g/mol. The standard InChI is InChI=1S/C10H22OS/c1-4-10(11)8-12-7-5-6-9(2)3/h9-11H,4-8H2,1-3H3. The first-order chi connectivity index (χ1) is 5.66. The Bertz CT molecular complexity index is 93.8. The normalized spacial score (nSPS) is 13.8. The minimum atomic E-state index is -0.0888. The van der Waals surface area contributed by atoms with Crippen molar-refractivity contribution in [1.82, 2.24) is 0 Å². The lowest BCUT2D eigenvalue weighted by molar-refractivity contribution is 0.195. The fraction of sp³-hybridized carbons (Fsp3) is 1.00. The molecule has 1 atom stereocenters. The second-order valence-electron chi connectivity index (χ2n) is 3.67. The Balaban J connectivity index is 3.00. The van der Waals surface area contributed by atoms with Crippen LogP contribution in [-0.2, 0) is 0 Å². The van der Waals surface area contributed by atoms with Crippen LogP contribution in [0.5, 0.6) is 0 Å². The van der Waals surface area contributed by atoms with Gasteiger partial charge >= 0.3 is 0 Å². The highest BCUT2D eigenvalue weighted by Gasteiger charge is 2.00. The summed E-state index contributed by atoms with van der Waals surface area (Å²) in [5.41, 5.74) is 0. The lowest BCUT2D eigenvalue weighted by Gasteiger charge is -2.07. The average Bonchev–Trinajstić information content (AvgIpc) is 2.03. The van der Waals surface area contributed by atoms with Crippen LogP contribution in [0.15, 0.2) is 0 Å². The number of hydrogen-bond acceptors (Lipinski definition) is 2. The third-order valence-electron chi connectivity index (χ3n) is 1.85. The van der Waals surface area contributed by atoms with Gasteiger partial charge in [0.2, 0.25) is 0 Å². The van der Waals surface area contributed by atoms with E-state index >= 15 is 0 Å². The molecular formula is C10H22OS. The smallest absolute Gasteiger partial charge is 0.0628 e. The molecule has 0 aromatic heterocycles. The summed E-state index contributed by atoms with van der Waals surface area (Å²) in [6, 6.07) is 0. The summed E-state index contributed by atoms with van der Waals surface area (Å²) in [6.07, 6.45) is 3.40. The molecule has 74 valence electrons. The minimum Gasteiger partial charge on any atom is -0.392 e. The molecule has 0 spiro atoms. The van der Waals surface area contributed by atoms with Crippen molar-refractivity contribution in [3.63, 3.8) is 0 Å². The van der Waals surface area contributed by atoms with E-state index in [9.17, 15) is 5.11 Å². The van der Waals surface area contributed by atoms with E-state index in [0.29, 0.717) is 0 Å². The molecule has 0 aromatic rings. The number of hydrogen-bond donors (Lipinski definition) is 1. The van der Waals surface area contributed by atoms with Crippen LogP contribution in [0.3, 0.4) is 0 Å². The molecule has 1 unspecified atom stereocenters. The van der Waals surface area contributed by atoms with Crippen molar-refractivity contribution in [2.45, 2.75) is 46.1 Å². The van der Waals surface area contributed by atoms with Gasteiger partial charge in [0.1, 0.15) is 0 Å². The van der Waals surface area contributed by atoms with E-state index in [0.717, 1.165) is 18.1 Å². The molecule has 1 N–H and O–H groups in total. The van der Waals surface area contributed by atoms with Gasteiger partial charge in [-0.2, -0.15) is 11.8 Å². The van der Waals surface area contributed by atoms with E-state index < -0.39 is 0 Å². The molecule has 0 aliphatic rings. The van der Waals surface area contributed by atoms with Crippen molar-refractivity contribution in [2.75, 3.05) is 11.5 Å². The Kier molecular flexibility index (Phi) is 8.14. The van der Waals surface area contributed by atoms with Gasteiger partial charge in [0.25, 0.3) is 0 Å². The summed E-state index contributed by atoms with van der Waals surface area (Å²) in [4.78, 5) is 0. The summed E-state index contributed by atoms with van der Waals surface area (Å²) in [6.45, 7) is 6.54. The van der Waals surface area contributed by atoms with Crippen LogP contribution in [0.4, 0.5) is 0 Å². The highest BCUT2D eigenvalue weighted by molar-refractivity contribution is 7.99. The summed E-state index contributed by atoms with van der Waals surface area (Å²) in [5.74, 6) is 2.94. The zero-order chi connectivity index (χ0) is 9.40. The Labute approximate surface area is 80.9 Å². The van der Waals surface area contributed by atoms with E-state index in [1.54, 1.807) is 0 Å². The van der Waals surface area contributed by atoms with Gasteiger partial charge in [0, 0.05) is 5.75 Å². The Morgan fingerprint density at radius 1 is 1.33 bits per heavy atom. The molecule has 0 aromatic carbocycles. The zero-order valence-corrected chi connectivity index (χ0v) is 9.36. The molecule has 0 fully saturated rings. The fourth-order valence-corrected chi connectivity index (χ4v) is 1.98. The van der Waals surface area contributed by atoms with E-state index in [1.807, 2.05) is 18.7 Å². The average molecular weight is 190 g/mol.